The third kappa shape index (κ3) is 3.72. The van der Waals surface area contributed by atoms with Gasteiger partial charge in [-0.15, -0.1) is 0 Å². The Labute approximate surface area is 122 Å². The summed E-state index contributed by atoms with van der Waals surface area (Å²) in [5.41, 5.74) is 7.56. The third-order valence-corrected chi connectivity index (χ3v) is 4.72. The molecule has 0 spiro atoms. The zero-order valence-corrected chi connectivity index (χ0v) is 12.7. The molecule has 0 bridgehead atoms. The molecule has 0 heterocycles. The number of hydrogen-bond acceptors (Lipinski definition) is 2. The predicted octanol–water partition coefficient (Wildman–Crippen LogP) is 3.73. The summed E-state index contributed by atoms with van der Waals surface area (Å²) in [5.74, 6) is 0.736. The molecule has 0 saturated heterocycles. The summed E-state index contributed by atoms with van der Waals surface area (Å²) >= 11 is 0. The maximum Gasteiger partial charge on any atom is 0.125 e. The van der Waals surface area contributed by atoms with E-state index in [-0.39, 0.29) is 5.82 Å². The summed E-state index contributed by atoms with van der Waals surface area (Å²) in [6, 6.07) is 5.87. The number of hydrogen-bond donors (Lipinski definition) is 1. The van der Waals surface area contributed by atoms with Gasteiger partial charge in [0.05, 0.1) is 0 Å². The van der Waals surface area contributed by atoms with Crippen molar-refractivity contribution in [3.63, 3.8) is 0 Å². The number of nitrogens with two attached hydrogens (primary N) is 1. The average Bonchev–Trinajstić information content (AvgIpc) is 2.46. The number of nitrogens with zero attached hydrogens (tertiary/aromatic N) is 1. The van der Waals surface area contributed by atoms with Crippen molar-refractivity contribution < 1.29 is 4.39 Å². The standard InChI is InChI=1S/C17H27FN2/c1-3-13-4-6-16(7-5-13)20(2)17-11-14(8-9-19)10-15(18)12-17/h10-13,16H,3-9,19H2,1-2H3. The van der Waals surface area contributed by atoms with Crippen LogP contribution >= 0.6 is 0 Å². The second kappa shape index (κ2) is 7.07. The van der Waals surface area contributed by atoms with E-state index in [9.17, 15) is 4.39 Å². The maximum atomic E-state index is 13.7. The molecule has 0 atom stereocenters. The molecule has 0 aliphatic heterocycles. The van der Waals surface area contributed by atoms with Crippen LogP contribution < -0.4 is 10.6 Å². The van der Waals surface area contributed by atoms with Crippen molar-refractivity contribution in [2.75, 3.05) is 18.5 Å². The normalized spacial score (nSPS) is 22.8. The van der Waals surface area contributed by atoms with E-state index >= 15 is 0 Å². The van der Waals surface area contributed by atoms with Crippen LogP contribution in [0.2, 0.25) is 0 Å². The molecule has 3 heteroatoms. The molecule has 1 aromatic rings. The fourth-order valence-electron chi connectivity index (χ4n) is 3.30. The maximum absolute atomic E-state index is 13.7. The van der Waals surface area contributed by atoms with E-state index in [1.165, 1.54) is 32.1 Å². The summed E-state index contributed by atoms with van der Waals surface area (Å²) in [7, 11) is 2.10. The number of anilines is 1. The lowest BCUT2D eigenvalue weighted by Gasteiger charge is -2.36. The second-order valence-electron chi connectivity index (χ2n) is 6.05. The zero-order chi connectivity index (χ0) is 14.5. The largest absolute Gasteiger partial charge is 0.372 e. The Morgan fingerprint density at radius 2 is 1.90 bits per heavy atom. The first-order valence-corrected chi connectivity index (χ1v) is 7.86. The molecule has 20 heavy (non-hydrogen) atoms. The zero-order valence-electron chi connectivity index (χ0n) is 12.7. The fourth-order valence-corrected chi connectivity index (χ4v) is 3.30. The van der Waals surface area contributed by atoms with Gasteiger partial charge in [-0.2, -0.15) is 0 Å². The van der Waals surface area contributed by atoms with E-state index in [0.717, 1.165) is 23.6 Å². The van der Waals surface area contributed by atoms with Crippen LogP contribution in [-0.4, -0.2) is 19.6 Å². The van der Waals surface area contributed by atoms with Crippen molar-refractivity contribution in [1.82, 2.24) is 0 Å². The number of halogens is 1. The van der Waals surface area contributed by atoms with Crippen LogP contribution in [0.5, 0.6) is 0 Å². The Hall–Kier alpha value is -1.09. The summed E-state index contributed by atoms with van der Waals surface area (Å²) in [5, 5.41) is 0. The van der Waals surface area contributed by atoms with E-state index in [2.05, 4.69) is 24.9 Å². The lowest BCUT2D eigenvalue weighted by molar-refractivity contribution is 0.313. The van der Waals surface area contributed by atoms with Gasteiger partial charge in [-0.3, -0.25) is 0 Å². The van der Waals surface area contributed by atoms with Gasteiger partial charge in [-0.25, -0.2) is 4.39 Å². The van der Waals surface area contributed by atoms with Gasteiger partial charge in [-0.05, 0) is 68.3 Å². The summed E-state index contributed by atoms with van der Waals surface area (Å²) in [4.78, 5) is 2.26. The van der Waals surface area contributed by atoms with E-state index in [1.54, 1.807) is 12.1 Å². The molecular formula is C17H27FN2. The van der Waals surface area contributed by atoms with Crippen LogP contribution in [0.3, 0.4) is 0 Å². The molecular weight excluding hydrogens is 251 g/mol. The van der Waals surface area contributed by atoms with Crippen LogP contribution in [0.4, 0.5) is 10.1 Å². The highest BCUT2D eigenvalue weighted by molar-refractivity contribution is 5.49. The molecule has 1 aromatic carbocycles. The highest BCUT2D eigenvalue weighted by Crippen LogP contribution is 2.31. The summed E-state index contributed by atoms with van der Waals surface area (Å²) in [6.45, 7) is 2.84. The monoisotopic (exact) mass is 278 g/mol. The van der Waals surface area contributed by atoms with Gasteiger partial charge in [0, 0.05) is 18.8 Å². The quantitative estimate of drug-likeness (QED) is 0.889. The summed E-state index contributed by atoms with van der Waals surface area (Å²) < 4.78 is 13.7. The minimum atomic E-state index is -0.153. The van der Waals surface area contributed by atoms with E-state index in [4.69, 9.17) is 5.73 Å². The molecule has 2 nitrogen and oxygen atoms in total. The predicted molar refractivity (Wildman–Crippen MR) is 83.6 cm³/mol. The smallest absolute Gasteiger partial charge is 0.125 e. The number of rotatable bonds is 5. The van der Waals surface area contributed by atoms with Crippen LogP contribution in [0.25, 0.3) is 0 Å². The molecule has 1 saturated carbocycles. The molecule has 0 amide bonds. The Balaban J connectivity index is 2.07. The van der Waals surface area contributed by atoms with Crippen LogP contribution in [0.1, 0.15) is 44.6 Å². The lowest BCUT2D eigenvalue weighted by atomic mass is 9.84. The topological polar surface area (TPSA) is 29.3 Å². The third-order valence-electron chi connectivity index (χ3n) is 4.72. The molecule has 1 fully saturated rings. The average molecular weight is 278 g/mol. The van der Waals surface area contributed by atoms with Gasteiger partial charge in [-0.1, -0.05) is 13.3 Å². The van der Waals surface area contributed by atoms with Crippen molar-refractivity contribution in [2.24, 2.45) is 11.7 Å². The minimum absolute atomic E-state index is 0.153. The Morgan fingerprint density at radius 1 is 1.20 bits per heavy atom. The van der Waals surface area contributed by atoms with Crippen molar-refractivity contribution >= 4 is 5.69 Å². The Morgan fingerprint density at radius 3 is 2.50 bits per heavy atom. The van der Waals surface area contributed by atoms with Gasteiger partial charge in [0.1, 0.15) is 5.82 Å². The molecule has 1 aliphatic rings. The summed E-state index contributed by atoms with van der Waals surface area (Å²) in [6.07, 6.45) is 7.07. The Bertz CT molecular complexity index is 425. The first kappa shape index (κ1) is 15.3. The highest BCUT2D eigenvalue weighted by Gasteiger charge is 2.23. The fraction of sp³-hybridized carbons (Fsp3) is 0.647. The molecule has 2 N–H and O–H groups in total. The molecule has 0 radical (unpaired) electrons. The van der Waals surface area contributed by atoms with Crippen molar-refractivity contribution in [1.29, 1.82) is 0 Å². The molecule has 1 aliphatic carbocycles. The molecule has 0 aromatic heterocycles. The van der Waals surface area contributed by atoms with Gasteiger partial charge in [0.2, 0.25) is 0 Å². The van der Waals surface area contributed by atoms with Crippen LogP contribution in [0.15, 0.2) is 18.2 Å². The van der Waals surface area contributed by atoms with Crippen molar-refractivity contribution in [3.8, 4) is 0 Å². The van der Waals surface area contributed by atoms with E-state index in [0.29, 0.717) is 12.6 Å². The van der Waals surface area contributed by atoms with Crippen molar-refractivity contribution in [2.45, 2.75) is 51.5 Å². The molecule has 112 valence electrons. The number of benzene rings is 1. The van der Waals surface area contributed by atoms with Gasteiger partial charge in [0.25, 0.3) is 0 Å². The minimum Gasteiger partial charge on any atom is -0.372 e. The lowest BCUT2D eigenvalue weighted by Crippen LogP contribution is -2.35. The SMILES string of the molecule is CCC1CCC(N(C)c2cc(F)cc(CCN)c2)CC1. The Kier molecular flexibility index (Phi) is 5.41. The van der Waals surface area contributed by atoms with Crippen LogP contribution in [-0.2, 0) is 6.42 Å². The van der Waals surface area contributed by atoms with Gasteiger partial charge >= 0.3 is 0 Å². The highest BCUT2D eigenvalue weighted by atomic mass is 19.1. The van der Waals surface area contributed by atoms with Crippen LogP contribution in [0, 0.1) is 11.7 Å². The van der Waals surface area contributed by atoms with Gasteiger partial charge in [0.15, 0.2) is 0 Å². The van der Waals surface area contributed by atoms with Gasteiger partial charge < -0.3 is 10.6 Å². The first-order valence-electron chi connectivity index (χ1n) is 7.86. The van der Waals surface area contributed by atoms with E-state index < -0.39 is 0 Å². The molecule has 2 rings (SSSR count). The van der Waals surface area contributed by atoms with Crippen molar-refractivity contribution in [3.05, 3.63) is 29.6 Å². The van der Waals surface area contributed by atoms with E-state index in [1.807, 2.05) is 0 Å². The molecule has 0 unspecified atom stereocenters. The second-order valence-corrected chi connectivity index (χ2v) is 6.05. The first-order chi connectivity index (χ1) is 9.63.